The zero-order chi connectivity index (χ0) is 16.2. The fourth-order valence-electron chi connectivity index (χ4n) is 1.57. The van der Waals surface area contributed by atoms with Crippen molar-refractivity contribution in [3.8, 4) is 0 Å². The normalized spacial score (nSPS) is 10.9. The zero-order valence-corrected chi connectivity index (χ0v) is 11.8. The Hall–Kier alpha value is -2.48. The molecule has 2 aromatic rings. The lowest BCUT2D eigenvalue weighted by molar-refractivity contribution is -0.137. The van der Waals surface area contributed by atoms with Gasteiger partial charge in [-0.05, 0) is 48.6 Å². The molecule has 0 aliphatic heterocycles. The number of anilines is 1. The molecule has 2 N–H and O–H groups in total. The molecule has 114 valence electrons. The first kappa shape index (κ1) is 15.9. The number of nitrogens with zero attached hydrogens (tertiary/aromatic N) is 1. The van der Waals surface area contributed by atoms with Crippen molar-refractivity contribution < 1.29 is 18.0 Å². The fraction of sp³-hybridized carbons (Fsp3) is 0.0714. The van der Waals surface area contributed by atoms with Gasteiger partial charge >= 0.3 is 6.18 Å². The van der Waals surface area contributed by atoms with E-state index in [4.69, 9.17) is 12.2 Å². The van der Waals surface area contributed by atoms with Gasteiger partial charge in [0.15, 0.2) is 5.11 Å². The van der Waals surface area contributed by atoms with Gasteiger partial charge in [0.05, 0.1) is 5.56 Å². The van der Waals surface area contributed by atoms with Crippen molar-refractivity contribution in [3.05, 3.63) is 59.8 Å². The van der Waals surface area contributed by atoms with E-state index in [0.29, 0.717) is 5.82 Å². The highest BCUT2D eigenvalue weighted by Gasteiger charge is 2.30. The van der Waals surface area contributed by atoms with Crippen LogP contribution < -0.4 is 10.6 Å². The van der Waals surface area contributed by atoms with Crippen LogP contribution in [-0.4, -0.2) is 16.0 Å². The second-order valence-corrected chi connectivity index (χ2v) is 4.61. The smallest absolute Gasteiger partial charge is 0.317 e. The molecule has 0 aliphatic carbocycles. The van der Waals surface area contributed by atoms with Crippen molar-refractivity contribution >= 4 is 29.1 Å². The number of benzene rings is 1. The highest BCUT2D eigenvalue weighted by molar-refractivity contribution is 7.80. The summed E-state index contributed by atoms with van der Waals surface area (Å²) in [6.07, 6.45) is -2.90. The van der Waals surface area contributed by atoms with E-state index in [2.05, 4.69) is 15.6 Å². The molecule has 0 aliphatic rings. The van der Waals surface area contributed by atoms with Crippen LogP contribution in [0.2, 0.25) is 0 Å². The van der Waals surface area contributed by atoms with Crippen LogP contribution in [0.3, 0.4) is 0 Å². The van der Waals surface area contributed by atoms with Crippen LogP contribution in [0.1, 0.15) is 15.9 Å². The third-order valence-electron chi connectivity index (χ3n) is 2.61. The van der Waals surface area contributed by atoms with Gasteiger partial charge in [0, 0.05) is 11.8 Å². The summed E-state index contributed by atoms with van der Waals surface area (Å²) in [5.74, 6) is -0.164. The summed E-state index contributed by atoms with van der Waals surface area (Å²) in [4.78, 5) is 15.8. The minimum absolute atomic E-state index is 0.00333. The number of pyridine rings is 1. The molecular weight excluding hydrogens is 315 g/mol. The predicted octanol–water partition coefficient (Wildman–Crippen LogP) is 3.23. The Morgan fingerprint density at radius 2 is 1.77 bits per heavy atom. The van der Waals surface area contributed by atoms with Crippen LogP contribution in [0.15, 0.2) is 48.7 Å². The predicted molar refractivity (Wildman–Crippen MR) is 79.4 cm³/mol. The molecule has 0 saturated heterocycles. The minimum Gasteiger partial charge on any atom is -0.317 e. The molecule has 1 heterocycles. The van der Waals surface area contributed by atoms with Gasteiger partial charge in [-0.3, -0.25) is 10.1 Å². The molecule has 0 unspecified atom stereocenters. The maximum Gasteiger partial charge on any atom is 0.416 e. The van der Waals surface area contributed by atoms with E-state index in [1.165, 1.54) is 0 Å². The average Bonchev–Trinajstić information content (AvgIpc) is 2.47. The van der Waals surface area contributed by atoms with Gasteiger partial charge in [-0.2, -0.15) is 13.2 Å². The van der Waals surface area contributed by atoms with Crippen molar-refractivity contribution in [1.82, 2.24) is 10.3 Å². The molecule has 1 aromatic carbocycles. The number of alkyl halides is 3. The lowest BCUT2D eigenvalue weighted by atomic mass is 10.1. The highest BCUT2D eigenvalue weighted by Crippen LogP contribution is 2.29. The Labute approximate surface area is 129 Å². The van der Waals surface area contributed by atoms with E-state index >= 15 is 0 Å². The zero-order valence-electron chi connectivity index (χ0n) is 11.0. The van der Waals surface area contributed by atoms with Gasteiger partial charge in [-0.25, -0.2) is 4.98 Å². The number of amides is 1. The van der Waals surface area contributed by atoms with Gasteiger partial charge in [-0.1, -0.05) is 6.07 Å². The van der Waals surface area contributed by atoms with Gasteiger partial charge in [0.25, 0.3) is 5.91 Å². The van der Waals surface area contributed by atoms with Crippen molar-refractivity contribution in [2.75, 3.05) is 5.32 Å². The molecule has 4 nitrogen and oxygen atoms in total. The van der Waals surface area contributed by atoms with Crippen LogP contribution in [0.5, 0.6) is 0 Å². The van der Waals surface area contributed by atoms with E-state index in [1.807, 2.05) is 0 Å². The highest BCUT2D eigenvalue weighted by atomic mass is 32.1. The van der Waals surface area contributed by atoms with Crippen molar-refractivity contribution in [2.24, 2.45) is 0 Å². The minimum atomic E-state index is -4.44. The van der Waals surface area contributed by atoms with Crippen molar-refractivity contribution in [1.29, 1.82) is 0 Å². The molecule has 1 aromatic heterocycles. The topological polar surface area (TPSA) is 54.0 Å². The molecule has 0 spiro atoms. The number of rotatable bonds is 2. The van der Waals surface area contributed by atoms with Crippen molar-refractivity contribution in [3.63, 3.8) is 0 Å². The van der Waals surface area contributed by atoms with Crippen LogP contribution >= 0.6 is 12.2 Å². The maximum atomic E-state index is 12.4. The fourth-order valence-corrected chi connectivity index (χ4v) is 1.77. The molecule has 0 saturated carbocycles. The number of carbonyl (C=O) groups is 1. The summed E-state index contributed by atoms with van der Waals surface area (Å²) >= 11 is 4.93. The standard InChI is InChI=1S/C14H10F3N3OS/c15-14(16,17)10-6-4-9(5-7-10)12(21)20-13(22)19-11-3-1-2-8-18-11/h1-8H,(H2,18,19,20,21,22). The Morgan fingerprint density at radius 1 is 1.09 bits per heavy atom. The molecule has 1 amide bonds. The number of hydrogen-bond acceptors (Lipinski definition) is 3. The quantitative estimate of drug-likeness (QED) is 0.833. The summed E-state index contributed by atoms with van der Waals surface area (Å²) in [5, 5.41) is 5.05. The Kier molecular flexibility index (Phi) is 4.71. The Bertz CT molecular complexity index is 672. The van der Waals surface area contributed by atoms with Crippen LogP contribution in [-0.2, 0) is 6.18 Å². The lowest BCUT2D eigenvalue weighted by Gasteiger charge is -2.10. The molecule has 0 radical (unpaired) electrons. The Morgan fingerprint density at radius 3 is 2.32 bits per heavy atom. The second-order valence-electron chi connectivity index (χ2n) is 4.20. The van der Waals surface area contributed by atoms with Gasteiger partial charge < -0.3 is 5.32 Å². The molecule has 22 heavy (non-hydrogen) atoms. The SMILES string of the molecule is O=C(NC(=S)Nc1ccccn1)c1ccc(C(F)(F)F)cc1. The number of thiocarbonyl (C=S) groups is 1. The van der Waals surface area contributed by atoms with Crippen LogP contribution in [0.25, 0.3) is 0 Å². The summed E-state index contributed by atoms with van der Waals surface area (Å²) < 4.78 is 37.3. The number of hydrogen-bond donors (Lipinski definition) is 2. The van der Waals surface area contributed by atoms with Gasteiger partial charge in [-0.15, -0.1) is 0 Å². The van der Waals surface area contributed by atoms with E-state index in [9.17, 15) is 18.0 Å². The molecule has 0 atom stereocenters. The summed E-state index contributed by atoms with van der Waals surface area (Å²) in [6, 6.07) is 8.94. The van der Waals surface area contributed by atoms with Gasteiger partial charge in [0.1, 0.15) is 5.82 Å². The number of aromatic nitrogens is 1. The van der Waals surface area contributed by atoms with E-state index in [0.717, 1.165) is 24.3 Å². The monoisotopic (exact) mass is 325 g/mol. The van der Waals surface area contributed by atoms with Crippen LogP contribution in [0.4, 0.5) is 19.0 Å². The van der Waals surface area contributed by atoms with E-state index in [-0.39, 0.29) is 10.7 Å². The van der Waals surface area contributed by atoms with E-state index in [1.54, 1.807) is 24.4 Å². The summed E-state index contributed by atoms with van der Waals surface area (Å²) in [6.45, 7) is 0. The molecule has 8 heteroatoms. The van der Waals surface area contributed by atoms with Crippen LogP contribution in [0, 0.1) is 0 Å². The third kappa shape index (κ3) is 4.26. The number of carbonyl (C=O) groups excluding carboxylic acids is 1. The number of halogens is 3. The third-order valence-corrected chi connectivity index (χ3v) is 2.81. The first-order valence-electron chi connectivity index (χ1n) is 6.07. The van der Waals surface area contributed by atoms with Gasteiger partial charge in [0.2, 0.25) is 0 Å². The first-order valence-corrected chi connectivity index (χ1v) is 6.48. The second kappa shape index (κ2) is 6.52. The van der Waals surface area contributed by atoms with Crippen molar-refractivity contribution in [2.45, 2.75) is 6.18 Å². The number of nitrogens with one attached hydrogen (secondary N) is 2. The first-order chi connectivity index (χ1) is 10.4. The summed E-state index contributed by atoms with van der Waals surface area (Å²) in [7, 11) is 0. The lowest BCUT2D eigenvalue weighted by Crippen LogP contribution is -2.34. The summed E-state index contributed by atoms with van der Waals surface area (Å²) in [5.41, 5.74) is -0.753. The molecular formula is C14H10F3N3OS. The molecule has 0 fully saturated rings. The largest absolute Gasteiger partial charge is 0.416 e. The molecule has 2 rings (SSSR count). The Balaban J connectivity index is 1.98. The maximum absolute atomic E-state index is 12.4. The average molecular weight is 325 g/mol. The van der Waals surface area contributed by atoms with E-state index < -0.39 is 17.6 Å². The molecule has 0 bridgehead atoms.